The zero-order chi connectivity index (χ0) is 9.97. The third-order valence-electron chi connectivity index (χ3n) is 2.01. The molecule has 74 valence electrons. The van der Waals surface area contributed by atoms with Gasteiger partial charge in [0.15, 0.2) is 17.6 Å². The lowest BCUT2D eigenvalue weighted by atomic mass is 10.3. The molecular weight excluding hydrogens is 204 g/mol. The van der Waals surface area contributed by atoms with Gasteiger partial charge in [0.25, 0.3) is 5.24 Å². The smallest absolute Gasteiger partial charge is 0.262 e. The van der Waals surface area contributed by atoms with Gasteiger partial charge in [-0.05, 0) is 23.7 Å². The summed E-state index contributed by atoms with van der Waals surface area (Å²) in [5.41, 5.74) is 0. The Kier molecular flexibility index (Phi) is 2.59. The van der Waals surface area contributed by atoms with Gasteiger partial charge in [0, 0.05) is 6.42 Å². The van der Waals surface area contributed by atoms with Gasteiger partial charge in [0.2, 0.25) is 0 Å². The summed E-state index contributed by atoms with van der Waals surface area (Å²) in [5.74, 6) is 1.23. The van der Waals surface area contributed by atoms with E-state index in [0.717, 1.165) is 0 Å². The number of hydrogen-bond donors (Lipinski definition) is 0. The predicted octanol–water partition coefficient (Wildman–Crippen LogP) is 1.98. The maximum atomic E-state index is 10.9. The molecule has 1 aliphatic heterocycles. The quantitative estimate of drug-likeness (QED) is 0.668. The molecule has 1 heterocycles. The van der Waals surface area contributed by atoms with E-state index in [1.807, 2.05) is 12.1 Å². The van der Waals surface area contributed by atoms with E-state index in [9.17, 15) is 4.79 Å². The summed E-state index contributed by atoms with van der Waals surface area (Å²) in [7, 11) is 0. The highest BCUT2D eigenvalue weighted by Gasteiger charge is 2.23. The molecule has 0 aliphatic carbocycles. The van der Waals surface area contributed by atoms with Crippen LogP contribution in [0.15, 0.2) is 24.3 Å². The second-order valence-corrected chi connectivity index (χ2v) is 3.37. The summed E-state index contributed by atoms with van der Waals surface area (Å²) >= 11 is 5.38. The van der Waals surface area contributed by atoms with Crippen LogP contribution in [0.1, 0.15) is 6.42 Å². The SMILES string of the molecule is O=C(Cl)[C@@H]1CCOc2ccccc2O1. The van der Waals surface area contributed by atoms with Gasteiger partial charge in [-0.15, -0.1) is 0 Å². The molecular formula is C10H9ClO3. The number of halogens is 1. The maximum absolute atomic E-state index is 10.9. The third kappa shape index (κ3) is 1.82. The highest BCUT2D eigenvalue weighted by atomic mass is 35.5. The number of fused-ring (bicyclic) bond motifs is 1. The second-order valence-electron chi connectivity index (χ2n) is 2.99. The molecule has 1 aromatic carbocycles. The van der Waals surface area contributed by atoms with Crippen LogP contribution in [0.5, 0.6) is 11.5 Å². The van der Waals surface area contributed by atoms with Crippen molar-refractivity contribution >= 4 is 16.8 Å². The van der Waals surface area contributed by atoms with Gasteiger partial charge >= 0.3 is 0 Å². The van der Waals surface area contributed by atoms with Crippen molar-refractivity contribution in [2.24, 2.45) is 0 Å². The van der Waals surface area contributed by atoms with Crippen LogP contribution in [-0.2, 0) is 4.79 Å². The molecule has 4 heteroatoms. The van der Waals surface area contributed by atoms with Crippen molar-refractivity contribution in [1.82, 2.24) is 0 Å². The lowest BCUT2D eigenvalue weighted by Gasteiger charge is -2.10. The normalized spacial score (nSPS) is 19.9. The minimum Gasteiger partial charge on any atom is -0.490 e. The zero-order valence-electron chi connectivity index (χ0n) is 7.40. The van der Waals surface area contributed by atoms with Gasteiger partial charge in [-0.25, -0.2) is 0 Å². The zero-order valence-corrected chi connectivity index (χ0v) is 8.16. The maximum Gasteiger partial charge on any atom is 0.262 e. The molecule has 0 saturated carbocycles. The first kappa shape index (κ1) is 9.34. The van der Waals surface area contributed by atoms with Crippen LogP contribution in [0.25, 0.3) is 0 Å². The van der Waals surface area contributed by atoms with Gasteiger partial charge < -0.3 is 9.47 Å². The number of hydrogen-bond acceptors (Lipinski definition) is 3. The molecule has 0 bridgehead atoms. The Morgan fingerprint density at radius 3 is 2.79 bits per heavy atom. The molecule has 0 amide bonds. The number of benzene rings is 1. The van der Waals surface area contributed by atoms with Crippen LogP contribution < -0.4 is 9.47 Å². The van der Waals surface area contributed by atoms with Crippen molar-refractivity contribution in [3.63, 3.8) is 0 Å². The van der Waals surface area contributed by atoms with Crippen molar-refractivity contribution < 1.29 is 14.3 Å². The molecule has 1 aromatic rings. The van der Waals surface area contributed by atoms with Crippen molar-refractivity contribution in [3.05, 3.63) is 24.3 Å². The van der Waals surface area contributed by atoms with Crippen LogP contribution in [0.4, 0.5) is 0 Å². The summed E-state index contributed by atoms with van der Waals surface area (Å²) in [6.45, 7) is 0.445. The molecule has 1 atom stereocenters. The molecule has 0 radical (unpaired) electrons. The fourth-order valence-corrected chi connectivity index (χ4v) is 1.47. The number of carbonyl (C=O) groups excluding carboxylic acids is 1. The highest BCUT2D eigenvalue weighted by molar-refractivity contribution is 6.64. The van der Waals surface area contributed by atoms with Gasteiger partial charge in [-0.3, -0.25) is 4.79 Å². The molecule has 0 unspecified atom stereocenters. The molecule has 0 fully saturated rings. The average Bonchev–Trinajstić information content (AvgIpc) is 2.39. The molecule has 0 spiro atoms. The fourth-order valence-electron chi connectivity index (χ4n) is 1.31. The average molecular weight is 213 g/mol. The van der Waals surface area contributed by atoms with Crippen LogP contribution in [0.2, 0.25) is 0 Å². The number of para-hydroxylation sites is 2. The first-order valence-corrected chi connectivity index (χ1v) is 4.73. The van der Waals surface area contributed by atoms with E-state index in [0.29, 0.717) is 24.5 Å². The van der Waals surface area contributed by atoms with E-state index in [-0.39, 0.29) is 0 Å². The van der Waals surface area contributed by atoms with Crippen molar-refractivity contribution in [1.29, 1.82) is 0 Å². The Morgan fingerprint density at radius 2 is 2.07 bits per heavy atom. The van der Waals surface area contributed by atoms with Crippen LogP contribution in [-0.4, -0.2) is 18.0 Å². The van der Waals surface area contributed by atoms with E-state index in [1.54, 1.807) is 12.1 Å². The summed E-state index contributed by atoms with van der Waals surface area (Å²) in [4.78, 5) is 10.9. The Hall–Kier alpha value is -1.22. The highest BCUT2D eigenvalue weighted by Crippen LogP contribution is 2.30. The third-order valence-corrected chi connectivity index (χ3v) is 2.25. The Balaban J connectivity index is 2.26. The second kappa shape index (κ2) is 3.88. The number of carbonyl (C=O) groups is 1. The van der Waals surface area contributed by atoms with Crippen molar-refractivity contribution in [2.45, 2.75) is 12.5 Å². The summed E-state index contributed by atoms with van der Waals surface area (Å²) in [5, 5.41) is -0.481. The standard InChI is InChI=1S/C10H9ClO3/c11-10(12)9-5-6-13-7-3-1-2-4-8(7)14-9/h1-4,9H,5-6H2/t9-/m0/s1. The lowest BCUT2D eigenvalue weighted by molar-refractivity contribution is -0.118. The van der Waals surface area contributed by atoms with Gasteiger partial charge in [0.1, 0.15) is 0 Å². The van der Waals surface area contributed by atoms with E-state index in [1.165, 1.54) is 0 Å². The van der Waals surface area contributed by atoms with Crippen molar-refractivity contribution in [3.8, 4) is 11.5 Å². The van der Waals surface area contributed by atoms with E-state index in [2.05, 4.69) is 0 Å². The molecule has 1 aliphatic rings. The summed E-state index contributed by atoms with van der Waals surface area (Å²) in [6, 6.07) is 7.23. The van der Waals surface area contributed by atoms with Gasteiger partial charge in [-0.1, -0.05) is 12.1 Å². The minimum atomic E-state index is -0.597. The summed E-state index contributed by atoms with van der Waals surface area (Å²) < 4.78 is 10.8. The Bertz CT molecular complexity index is 351. The first-order chi connectivity index (χ1) is 6.77. The molecule has 0 N–H and O–H groups in total. The minimum absolute atomic E-state index is 0.445. The molecule has 0 aromatic heterocycles. The van der Waals surface area contributed by atoms with Crippen molar-refractivity contribution in [2.75, 3.05) is 6.61 Å². The van der Waals surface area contributed by atoms with Gasteiger partial charge in [-0.2, -0.15) is 0 Å². The van der Waals surface area contributed by atoms with E-state index >= 15 is 0 Å². The first-order valence-electron chi connectivity index (χ1n) is 4.35. The Labute approximate surface area is 86.6 Å². The molecule has 0 saturated heterocycles. The lowest BCUT2D eigenvalue weighted by Crippen LogP contribution is -2.23. The largest absolute Gasteiger partial charge is 0.490 e. The predicted molar refractivity (Wildman–Crippen MR) is 51.8 cm³/mol. The van der Waals surface area contributed by atoms with E-state index in [4.69, 9.17) is 21.1 Å². The van der Waals surface area contributed by atoms with Crippen LogP contribution in [0.3, 0.4) is 0 Å². The fraction of sp³-hybridized carbons (Fsp3) is 0.300. The van der Waals surface area contributed by atoms with Crippen LogP contribution in [0, 0.1) is 0 Å². The number of ether oxygens (including phenoxy) is 2. The molecule has 14 heavy (non-hydrogen) atoms. The Morgan fingerprint density at radius 1 is 1.36 bits per heavy atom. The topological polar surface area (TPSA) is 35.5 Å². The molecule has 2 rings (SSSR count). The molecule has 3 nitrogen and oxygen atoms in total. The summed E-state index contributed by atoms with van der Waals surface area (Å²) in [6.07, 6.45) is -0.114. The van der Waals surface area contributed by atoms with Gasteiger partial charge in [0.05, 0.1) is 6.61 Å². The van der Waals surface area contributed by atoms with Crippen LogP contribution >= 0.6 is 11.6 Å². The van der Waals surface area contributed by atoms with E-state index < -0.39 is 11.3 Å². The number of rotatable bonds is 1. The monoisotopic (exact) mass is 212 g/mol.